The molecule has 0 radical (unpaired) electrons. The average molecular weight is 768 g/mol. The quantitative estimate of drug-likeness (QED) is 0.0638. The van der Waals surface area contributed by atoms with E-state index in [4.69, 9.17) is 71.7 Å². The number of nitrogens with one attached hydrogen (secondary N) is 6. The summed E-state index contributed by atoms with van der Waals surface area (Å²) in [5.74, 6) is 1.06. The zero-order valence-corrected chi connectivity index (χ0v) is 24.4. The molecule has 0 unspecified atom stereocenters. The van der Waals surface area contributed by atoms with Crippen LogP contribution >= 0.6 is 0 Å². The van der Waals surface area contributed by atoms with Gasteiger partial charge in [-0.3, -0.25) is 0 Å². The number of nitrogen functional groups attached to an aromatic ring is 6. The van der Waals surface area contributed by atoms with E-state index in [0.29, 0.717) is 0 Å². The molecule has 0 aliphatic heterocycles. The van der Waals surface area contributed by atoms with E-state index in [-0.39, 0.29) is 52.2 Å². The molecule has 0 aromatic carbocycles. The summed E-state index contributed by atoms with van der Waals surface area (Å²) in [7, 11) is -9.89. The van der Waals surface area contributed by atoms with Crippen molar-refractivity contribution >= 4 is 35.7 Å². The van der Waals surface area contributed by atoms with Crippen molar-refractivity contribution < 1.29 is 74.2 Å². The van der Waals surface area contributed by atoms with E-state index in [1.807, 2.05) is 0 Å². The maximum atomic E-state index is 8.49. The summed E-state index contributed by atoms with van der Waals surface area (Å²) < 4.78 is 67.9. The molecule has 6 aromatic heterocycles. The number of anilines is 6. The van der Waals surface area contributed by atoms with Gasteiger partial charge in [-0.15, -0.1) is 51.1 Å². The number of aromatic nitrogens is 24. The molecule has 0 aliphatic rings. The van der Waals surface area contributed by atoms with Gasteiger partial charge in [0.1, 0.15) is 0 Å². The molecule has 0 amide bonds. The Bertz CT molecular complexity index is 1100. The number of aromatic amines is 6. The first-order valence-electron chi connectivity index (χ1n) is 9.53. The molecule has 264 valence electrons. The minimum atomic E-state index is -4.94. The predicted molar refractivity (Wildman–Crippen MR) is 112 cm³/mol. The third-order valence-corrected chi connectivity index (χ3v) is 2.17. The first-order chi connectivity index (χ1) is 21.4. The van der Waals surface area contributed by atoms with Gasteiger partial charge in [-0.25, -0.2) is 37.3 Å². The van der Waals surface area contributed by atoms with Crippen molar-refractivity contribution in [3.63, 3.8) is 0 Å². The molecule has 6 aromatic rings. The largest absolute Gasteiger partial charge is 2.00 e. The molecule has 47 heavy (non-hydrogen) atoms. The number of hydrogen-bond donors (Lipinski definition) is 12. The van der Waals surface area contributed by atoms with Crippen LogP contribution in [0.25, 0.3) is 0 Å². The molecule has 0 atom stereocenters. The second-order valence-electron chi connectivity index (χ2n) is 5.38. The number of nitrogens with zero attached hydrogens (tertiary/aromatic N) is 18. The summed E-state index contributed by atoms with van der Waals surface area (Å²) >= 11 is 0. The maximum absolute atomic E-state index is 8.49. The van der Waals surface area contributed by atoms with Crippen LogP contribution in [0.1, 0.15) is 0 Å². The molecule has 18 N–H and O–H groups in total. The minimum absolute atomic E-state index is 0. The Labute approximate surface area is 268 Å². The van der Waals surface area contributed by atoms with E-state index in [0.717, 1.165) is 0 Å². The van der Waals surface area contributed by atoms with Gasteiger partial charge in [0.05, 0.1) is 0 Å². The van der Waals surface area contributed by atoms with Gasteiger partial charge < -0.3 is 34.4 Å². The zero-order chi connectivity index (χ0) is 35.4. The smallest absolute Gasteiger partial charge is 0.365 e. The van der Waals surface area contributed by atoms with Gasteiger partial charge in [0.2, 0.25) is 0 Å². The minimum Gasteiger partial charge on any atom is -0.365 e. The third kappa shape index (κ3) is 44.5. The Balaban J connectivity index is -0.000000470. The van der Waals surface area contributed by atoms with Crippen LogP contribution in [0, 0.1) is 20.5 Å². The Morgan fingerprint density at radius 2 is 0.426 bits per heavy atom. The molecule has 0 saturated carbocycles. The summed E-state index contributed by atoms with van der Waals surface area (Å²) in [6.45, 7) is 0. The zero-order valence-electron chi connectivity index (χ0n) is 21.9. The van der Waals surface area contributed by atoms with Crippen LogP contribution in [-0.2, 0) is 16.5 Å². The van der Waals surface area contributed by atoms with E-state index >= 15 is 0 Å². The molecule has 0 spiro atoms. The van der Waals surface area contributed by atoms with E-state index in [2.05, 4.69) is 124 Å². The summed E-state index contributed by atoms with van der Waals surface area (Å²) in [4.78, 5) is 0. The van der Waals surface area contributed by atoms with Crippen LogP contribution in [0.4, 0.5) is 35.7 Å². The van der Waals surface area contributed by atoms with Crippen LogP contribution in [0.5, 0.6) is 0 Å². The fraction of sp³-hybridized carbons (Fsp3) is 0. The van der Waals surface area contributed by atoms with Crippen molar-refractivity contribution in [2.75, 3.05) is 34.4 Å². The monoisotopic (exact) mass is 766 g/mol. The molecule has 0 saturated heterocycles. The second-order valence-corrected chi connectivity index (χ2v) is 6.89. The van der Waals surface area contributed by atoms with Crippen molar-refractivity contribution in [2.24, 2.45) is 0 Å². The van der Waals surface area contributed by atoms with Gasteiger partial charge in [0.15, 0.2) is 0 Å². The second kappa shape index (κ2) is 26.4. The molecular weight excluding hydrogens is 750 g/mol. The SMILES string of the molecule is Nc1nn[nH]n1.Nc1nn[nH]n1.Nc1nn[nH]n1.Nc1nn[nH]n1.Nc1nn[nH]n1.Nc1nn[nH]n1.[Ni+2].[O-][Cl+3]([O-])([O-])[O-].[O-][Cl+3]([O-])([O-])[O-]. The molecule has 6 rings (SSSR count). The fourth-order valence-electron chi connectivity index (χ4n) is 1.02. The summed E-state index contributed by atoms with van der Waals surface area (Å²) in [6.07, 6.45) is 0. The van der Waals surface area contributed by atoms with Crippen molar-refractivity contribution in [1.29, 1.82) is 0 Å². The number of halogens is 2. The van der Waals surface area contributed by atoms with Gasteiger partial charge in [-0.1, -0.05) is 30.6 Å². The van der Waals surface area contributed by atoms with E-state index in [1.54, 1.807) is 0 Å². The standard InChI is InChI=1S/6CH3N5.2ClHO4.Ni/c6*2-1-3-5-6-4-1;2*2-1(3,4)5;/h6*(H3,2,3,4,5,6);2*(H,2,3,4,5);/q;;;;;;;;+2/p-2. The van der Waals surface area contributed by atoms with Crippen molar-refractivity contribution in [1.82, 2.24) is 124 Å². The molecule has 0 aliphatic carbocycles. The number of H-pyrrole nitrogens is 6. The Morgan fingerprint density at radius 1 is 0.319 bits per heavy atom. The molecule has 41 heteroatoms. The molecule has 38 nitrogen and oxygen atoms in total. The van der Waals surface area contributed by atoms with Gasteiger partial charge in [-0.05, 0) is 31.3 Å². The van der Waals surface area contributed by atoms with Crippen molar-refractivity contribution in [2.45, 2.75) is 0 Å². The van der Waals surface area contributed by atoms with Crippen molar-refractivity contribution in [3.8, 4) is 0 Å². The van der Waals surface area contributed by atoms with Crippen LogP contribution in [0.2, 0.25) is 0 Å². The molecule has 0 fully saturated rings. The summed E-state index contributed by atoms with van der Waals surface area (Å²) in [5.41, 5.74) is 29.8. The van der Waals surface area contributed by atoms with E-state index in [9.17, 15) is 0 Å². The average Bonchev–Trinajstić information content (AvgIpc) is 3.75. The summed E-state index contributed by atoms with van der Waals surface area (Å²) in [6, 6.07) is 0. The van der Waals surface area contributed by atoms with Crippen LogP contribution < -0.4 is 71.7 Å². The van der Waals surface area contributed by atoms with Crippen LogP contribution in [0.15, 0.2) is 0 Å². The molecule has 6 heterocycles. The Hall–Kier alpha value is -6.03. The topological polar surface area (TPSA) is 667 Å². The Morgan fingerprint density at radius 3 is 0.447 bits per heavy atom. The van der Waals surface area contributed by atoms with E-state index < -0.39 is 20.5 Å². The van der Waals surface area contributed by atoms with Gasteiger partial charge >= 0.3 is 16.5 Å². The predicted octanol–water partition coefficient (Wildman–Crippen LogP) is -16.8. The first-order valence-corrected chi connectivity index (χ1v) is 12.0. The number of rotatable bonds is 0. The fourth-order valence-corrected chi connectivity index (χ4v) is 1.02. The van der Waals surface area contributed by atoms with Crippen LogP contribution in [-0.4, -0.2) is 124 Å². The molecule has 0 bridgehead atoms. The number of nitrogens with two attached hydrogens (primary N) is 6. The van der Waals surface area contributed by atoms with Gasteiger partial charge in [-0.2, -0.15) is 31.3 Å². The van der Waals surface area contributed by atoms with E-state index in [1.165, 1.54) is 0 Å². The Kier molecular flexibility index (Phi) is 25.5. The van der Waals surface area contributed by atoms with Crippen LogP contribution in [0.3, 0.4) is 0 Å². The maximum Gasteiger partial charge on any atom is 2.00 e. The van der Waals surface area contributed by atoms with Crippen molar-refractivity contribution in [3.05, 3.63) is 0 Å². The molecular formula is C6H18Cl2N30NiO8. The number of hydrogen-bond acceptors (Lipinski definition) is 32. The summed E-state index contributed by atoms with van der Waals surface area (Å²) in [5, 5.41) is 72.2. The number of tetrazole rings is 6. The van der Waals surface area contributed by atoms with Gasteiger partial charge in [0, 0.05) is 0 Å². The first kappa shape index (κ1) is 45.4. The van der Waals surface area contributed by atoms with Gasteiger partial charge in [0.25, 0.3) is 35.7 Å². The third-order valence-electron chi connectivity index (χ3n) is 2.17. The normalized spacial score (nSPS) is 9.19.